The molecule has 0 amide bonds. The van der Waals surface area contributed by atoms with Crippen LogP contribution in [0, 0.1) is 0 Å². The Morgan fingerprint density at radius 1 is 0.550 bits per heavy atom. The number of hydrogen-bond donors (Lipinski definition) is 3. The maximum atomic E-state index is 8.60. The molecule has 0 unspecified atom stereocenters. The van der Waals surface area contributed by atoms with Crippen LogP contribution in [-0.2, 0) is 0 Å². The predicted molar refractivity (Wildman–Crippen MR) is 89.3 cm³/mol. The van der Waals surface area contributed by atoms with Crippen LogP contribution in [0.15, 0.2) is 0 Å². The summed E-state index contributed by atoms with van der Waals surface area (Å²) in [5.41, 5.74) is 0. The fourth-order valence-corrected chi connectivity index (χ4v) is 2.40. The lowest BCUT2D eigenvalue weighted by Crippen LogP contribution is -2.24. The summed E-state index contributed by atoms with van der Waals surface area (Å²) >= 11 is 0. The second-order valence-electron chi connectivity index (χ2n) is 5.76. The molecule has 0 bridgehead atoms. The number of hydrogen-bond acceptors (Lipinski definition) is 3. The Kier molecular flexibility index (Phi) is 18.8. The summed E-state index contributed by atoms with van der Waals surface area (Å²) in [6, 6.07) is 0. The SMILES string of the molecule is CCCCCCCCCCCCNCCCNCCO. The van der Waals surface area contributed by atoms with Gasteiger partial charge in [-0.2, -0.15) is 0 Å². The summed E-state index contributed by atoms with van der Waals surface area (Å²) in [5.74, 6) is 0. The summed E-state index contributed by atoms with van der Waals surface area (Å²) in [4.78, 5) is 0. The molecule has 3 heteroatoms. The van der Waals surface area contributed by atoms with Gasteiger partial charge in [0.15, 0.2) is 0 Å². The number of rotatable bonds is 17. The molecule has 122 valence electrons. The van der Waals surface area contributed by atoms with Gasteiger partial charge >= 0.3 is 0 Å². The van der Waals surface area contributed by atoms with Gasteiger partial charge in [-0.15, -0.1) is 0 Å². The molecule has 0 aliphatic rings. The van der Waals surface area contributed by atoms with Crippen molar-refractivity contribution in [1.82, 2.24) is 10.6 Å². The van der Waals surface area contributed by atoms with Gasteiger partial charge in [0.2, 0.25) is 0 Å². The Morgan fingerprint density at radius 3 is 1.55 bits per heavy atom. The zero-order valence-electron chi connectivity index (χ0n) is 13.8. The quantitative estimate of drug-likeness (QED) is 0.359. The highest BCUT2D eigenvalue weighted by Gasteiger charge is 1.93. The Balaban J connectivity index is 2.89. The molecule has 0 saturated heterocycles. The van der Waals surface area contributed by atoms with Crippen molar-refractivity contribution in [3.8, 4) is 0 Å². The lowest BCUT2D eigenvalue weighted by molar-refractivity contribution is 0.292. The molecule has 0 atom stereocenters. The van der Waals surface area contributed by atoms with Crippen molar-refractivity contribution in [2.75, 3.05) is 32.8 Å². The second-order valence-corrected chi connectivity index (χ2v) is 5.76. The highest BCUT2D eigenvalue weighted by molar-refractivity contribution is 4.53. The first-order chi connectivity index (χ1) is 9.91. The molecule has 0 aromatic carbocycles. The first-order valence-electron chi connectivity index (χ1n) is 8.94. The average Bonchev–Trinajstić information content (AvgIpc) is 2.47. The lowest BCUT2D eigenvalue weighted by atomic mass is 10.1. The zero-order chi connectivity index (χ0) is 14.7. The van der Waals surface area contributed by atoms with Gasteiger partial charge in [0, 0.05) is 6.54 Å². The topological polar surface area (TPSA) is 44.3 Å². The Labute approximate surface area is 126 Å². The number of unbranched alkanes of at least 4 members (excludes halogenated alkanes) is 9. The molecule has 0 fully saturated rings. The average molecular weight is 287 g/mol. The standard InChI is InChI=1S/C17H38N2O/c1-2-3-4-5-6-7-8-9-10-11-13-18-14-12-15-19-16-17-20/h18-20H,2-17H2,1H3. The Hall–Kier alpha value is -0.120. The number of aliphatic hydroxyl groups excluding tert-OH is 1. The molecular weight excluding hydrogens is 248 g/mol. The van der Waals surface area contributed by atoms with Crippen LogP contribution in [0.2, 0.25) is 0 Å². The van der Waals surface area contributed by atoms with E-state index in [1.807, 2.05) is 0 Å². The van der Waals surface area contributed by atoms with Gasteiger partial charge in [0.05, 0.1) is 6.61 Å². The maximum absolute atomic E-state index is 8.60. The lowest BCUT2D eigenvalue weighted by Gasteiger charge is -2.05. The fraction of sp³-hybridized carbons (Fsp3) is 1.00. The molecule has 0 rings (SSSR count). The van der Waals surface area contributed by atoms with Gasteiger partial charge in [-0.1, -0.05) is 64.7 Å². The predicted octanol–water partition coefficient (Wildman–Crippen LogP) is 3.47. The van der Waals surface area contributed by atoms with Crippen molar-refractivity contribution in [3.05, 3.63) is 0 Å². The van der Waals surface area contributed by atoms with Gasteiger partial charge in [-0.25, -0.2) is 0 Å². The van der Waals surface area contributed by atoms with Gasteiger partial charge < -0.3 is 15.7 Å². The van der Waals surface area contributed by atoms with Crippen molar-refractivity contribution in [2.45, 2.75) is 77.6 Å². The van der Waals surface area contributed by atoms with Crippen LogP contribution in [0.1, 0.15) is 77.6 Å². The van der Waals surface area contributed by atoms with Crippen LogP contribution in [0.25, 0.3) is 0 Å². The number of aliphatic hydroxyl groups is 1. The van der Waals surface area contributed by atoms with Crippen molar-refractivity contribution in [2.24, 2.45) is 0 Å². The van der Waals surface area contributed by atoms with Crippen molar-refractivity contribution < 1.29 is 5.11 Å². The van der Waals surface area contributed by atoms with E-state index in [1.165, 1.54) is 64.2 Å². The molecule has 0 radical (unpaired) electrons. The van der Waals surface area contributed by atoms with Crippen LogP contribution < -0.4 is 10.6 Å². The number of nitrogens with one attached hydrogen (secondary N) is 2. The van der Waals surface area contributed by atoms with E-state index in [2.05, 4.69) is 17.6 Å². The molecule has 3 nitrogen and oxygen atoms in total. The van der Waals surface area contributed by atoms with Gasteiger partial charge in [0.25, 0.3) is 0 Å². The van der Waals surface area contributed by atoms with E-state index in [9.17, 15) is 0 Å². The smallest absolute Gasteiger partial charge is 0.0555 e. The largest absolute Gasteiger partial charge is 0.395 e. The van der Waals surface area contributed by atoms with Crippen molar-refractivity contribution >= 4 is 0 Å². The molecular formula is C17H38N2O. The van der Waals surface area contributed by atoms with Gasteiger partial charge in [0.1, 0.15) is 0 Å². The molecule has 0 spiro atoms. The maximum Gasteiger partial charge on any atom is 0.0555 e. The Morgan fingerprint density at radius 2 is 1.00 bits per heavy atom. The van der Waals surface area contributed by atoms with Crippen LogP contribution >= 0.6 is 0 Å². The van der Waals surface area contributed by atoms with E-state index < -0.39 is 0 Å². The normalized spacial score (nSPS) is 11.1. The molecule has 0 heterocycles. The molecule has 0 aliphatic carbocycles. The highest BCUT2D eigenvalue weighted by atomic mass is 16.3. The molecule has 0 aliphatic heterocycles. The third-order valence-electron chi connectivity index (χ3n) is 3.70. The van der Waals surface area contributed by atoms with Crippen molar-refractivity contribution in [3.63, 3.8) is 0 Å². The van der Waals surface area contributed by atoms with Crippen LogP contribution in [0.4, 0.5) is 0 Å². The Bertz CT molecular complexity index is 147. The van der Waals surface area contributed by atoms with E-state index >= 15 is 0 Å². The summed E-state index contributed by atoms with van der Waals surface area (Å²) in [6.45, 7) is 6.50. The monoisotopic (exact) mass is 286 g/mol. The minimum absolute atomic E-state index is 0.242. The first-order valence-corrected chi connectivity index (χ1v) is 8.94. The molecule has 0 saturated carbocycles. The molecule has 0 aromatic rings. The van der Waals surface area contributed by atoms with E-state index in [0.29, 0.717) is 0 Å². The summed E-state index contributed by atoms with van der Waals surface area (Å²) < 4.78 is 0. The molecule has 20 heavy (non-hydrogen) atoms. The van der Waals surface area contributed by atoms with Crippen LogP contribution in [0.3, 0.4) is 0 Å². The molecule has 3 N–H and O–H groups in total. The third-order valence-corrected chi connectivity index (χ3v) is 3.70. The van der Waals surface area contributed by atoms with Crippen LogP contribution in [0.5, 0.6) is 0 Å². The zero-order valence-corrected chi connectivity index (χ0v) is 13.8. The molecule has 0 aromatic heterocycles. The van der Waals surface area contributed by atoms with Crippen LogP contribution in [-0.4, -0.2) is 37.9 Å². The van der Waals surface area contributed by atoms with Crippen molar-refractivity contribution in [1.29, 1.82) is 0 Å². The van der Waals surface area contributed by atoms with Gasteiger partial charge in [-0.3, -0.25) is 0 Å². The fourth-order valence-electron chi connectivity index (χ4n) is 2.40. The highest BCUT2D eigenvalue weighted by Crippen LogP contribution is 2.10. The van der Waals surface area contributed by atoms with E-state index in [4.69, 9.17) is 5.11 Å². The third kappa shape index (κ3) is 17.9. The second kappa shape index (κ2) is 18.9. The van der Waals surface area contributed by atoms with Gasteiger partial charge in [-0.05, 0) is 32.5 Å². The summed E-state index contributed by atoms with van der Waals surface area (Å²) in [6.07, 6.45) is 15.2. The minimum atomic E-state index is 0.242. The summed E-state index contributed by atoms with van der Waals surface area (Å²) in [5, 5.41) is 15.3. The summed E-state index contributed by atoms with van der Waals surface area (Å²) in [7, 11) is 0. The minimum Gasteiger partial charge on any atom is -0.395 e. The van der Waals surface area contributed by atoms with E-state index in [0.717, 1.165) is 32.6 Å². The van der Waals surface area contributed by atoms with E-state index in [1.54, 1.807) is 0 Å². The first kappa shape index (κ1) is 19.9. The van der Waals surface area contributed by atoms with E-state index in [-0.39, 0.29) is 6.61 Å².